The molecule has 132 valence electrons. The highest BCUT2D eigenvalue weighted by atomic mass is 35.5. The van der Waals surface area contributed by atoms with Gasteiger partial charge < -0.3 is 4.74 Å². The van der Waals surface area contributed by atoms with E-state index in [2.05, 4.69) is 6.07 Å². The summed E-state index contributed by atoms with van der Waals surface area (Å²) in [5, 5.41) is 19.4. The lowest BCUT2D eigenvalue weighted by atomic mass is 10.1. The molecule has 3 rings (SSSR count). The maximum atomic E-state index is 9.59. The molecule has 0 heterocycles. The smallest absolute Gasteiger partial charge is 0.147 e. The van der Waals surface area contributed by atoms with E-state index in [1.54, 1.807) is 6.07 Å². The number of hydrogen-bond donors (Lipinski definition) is 0. The molecule has 5 heteroatoms. The number of ether oxygens (including phenoxy) is 1. The predicted octanol–water partition coefficient (Wildman–Crippen LogP) is 6.64. The quantitative estimate of drug-likeness (QED) is 0.500. The lowest BCUT2D eigenvalue weighted by Gasteiger charge is -2.15. The molecule has 0 aromatic heterocycles. The lowest BCUT2D eigenvalue weighted by Crippen LogP contribution is -1.97. The second-order valence-electron chi connectivity index (χ2n) is 5.88. The average Bonchev–Trinajstić information content (AvgIpc) is 2.68. The first-order valence-electron chi connectivity index (χ1n) is 8.18. The first-order valence-corrected chi connectivity index (χ1v) is 9.38. The standard InChI is InChI=1S/C22H15ClN2OS/c1-14-7-6-10-19(15(14)2)26-20-11-21(27-16-8-4-3-5-9-16)22(23)18(13-25)17(20)12-24/h3-11H,1-2H3. The second-order valence-corrected chi connectivity index (χ2v) is 7.37. The zero-order chi connectivity index (χ0) is 19.4. The maximum Gasteiger partial charge on any atom is 0.147 e. The molecule has 3 aromatic rings. The van der Waals surface area contributed by atoms with Gasteiger partial charge in [-0.25, -0.2) is 0 Å². The maximum absolute atomic E-state index is 9.59. The first kappa shape index (κ1) is 18.9. The van der Waals surface area contributed by atoms with Crippen molar-refractivity contribution in [1.82, 2.24) is 0 Å². The van der Waals surface area contributed by atoms with Crippen LogP contribution in [0.4, 0.5) is 0 Å². The Kier molecular flexibility index (Phi) is 5.72. The SMILES string of the molecule is Cc1cccc(Oc2cc(Sc3ccccc3)c(Cl)c(C#N)c2C#N)c1C. The van der Waals surface area contributed by atoms with Gasteiger partial charge in [0.05, 0.1) is 10.6 Å². The third-order valence-electron chi connectivity index (χ3n) is 4.16. The third kappa shape index (κ3) is 3.93. The van der Waals surface area contributed by atoms with Crippen LogP contribution in [0.1, 0.15) is 22.3 Å². The highest BCUT2D eigenvalue weighted by Gasteiger charge is 2.20. The fourth-order valence-corrected chi connectivity index (χ4v) is 3.76. The van der Waals surface area contributed by atoms with Gasteiger partial charge in [-0.15, -0.1) is 0 Å². The summed E-state index contributed by atoms with van der Waals surface area (Å²) >= 11 is 7.85. The Hall–Kier alpha value is -2.92. The molecule has 3 nitrogen and oxygen atoms in total. The molecule has 3 aromatic carbocycles. The molecule has 0 saturated heterocycles. The van der Waals surface area contributed by atoms with Crippen molar-refractivity contribution in [3.05, 3.63) is 81.9 Å². The van der Waals surface area contributed by atoms with Gasteiger partial charge >= 0.3 is 0 Å². The van der Waals surface area contributed by atoms with Crippen molar-refractivity contribution in [2.75, 3.05) is 0 Å². The van der Waals surface area contributed by atoms with Gasteiger partial charge in [-0.2, -0.15) is 10.5 Å². The predicted molar refractivity (Wildman–Crippen MR) is 107 cm³/mol. The number of halogens is 1. The molecule has 0 amide bonds. The van der Waals surface area contributed by atoms with E-state index in [9.17, 15) is 10.5 Å². The summed E-state index contributed by atoms with van der Waals surface area (Å²) in [6.07, 6.45) is 0. The van der Waals surface area contributed by atoms with Crippen molar-refractivity contribution in [2.45, 2.75) is 23.6 Å². The van der Waals surface area contributed by atoms with Gasteiger partial charge in [0.15, 0.2) is 0 Å². The van der Waals surface area contributed by atoms with Crippen LogP contribution in [0.25, 0.3) is 0 Å². The highest BCUT2D eigenvalue weighted by Crippen LogP contribution is 2.42. The molecule has 0 radical (unpaired) electrons. The Morgan fingerprint density at radius 3 is 2.26 bits per heavy atom. The lowest BCUT2D eigenvalue weighted by molar-refractivity contribution is 0.475. The minimum Gasteiger partial charge on any atom is -0.456 e. The summed E-state index contributed by atoms with van der Waals surface area (Å²) in [7, 11) is 0. The van der Waals surface area contributed by atoms with Crippen LogP contribution in [0.5, 0.6) is 11.5 Å². The largest absolute Gasteiger partial charge is 0.456 e. The van der Waals surface area contributed by atoms with E-state index in [1.807, 2.05) is 68.4 Å². The van der Waals surface area contributed by atoms with E-state index in [1.165, 1.54) is 11.8 Å². The molecule has 0 atom stereocenters. The fraction of sp³-hybridized carbons (Fsp3) is 0.0909. The van der Waals surface area contributed by atoms with Crippen LogP contribution in [0.15, 0.2) is 64.4 Å². The van der Waals surface area contributed by atoms with Gasteiger partial charge in [-0.3, -0.25) is 0 Å². The number of benzene rings is 3. The summed E-state index contributed by atoms with van der Waals surface area (Å²) in [4.78, 5) is 1.64. The van der Waals surface area contributed by atoms with Crippen LogP contribution in [0.3, 0.4) is 0 Å². The highest BCUT2D eigenvalue weighted by molar-refractivity contribution is 7.99. The van der Waals surface area contributed by atoms with Crippen molar-refractivity contribution in [3.63, 3.8) is 0 Å². The minimum absolute atomic E-state index is 0.125. The normalized spacial score (nSPS) is 10.1. The van der Waals surface area contributed by atoms with Gasteiger partial charge in [-0.05, 0) is 49.2 Å². The molecular weight excluding hydrogens is 376 g/mol. The Bertz CT molecular complexity index is 1080. The monoisotopic (exact) mass is 390 g/mol. The molecule has 0 bridgehead atoms. The number of rotatable bonds is 4. The summed E-state index contributed by atoms with van der Waals surface area (Å²) < 4.78 is 6.04. The number of nitriles is 2. The Morgan fingerprint density at radius 2 is 1.59 bits per heavy atom. The number of aryl methyl sites for hydroxylation is 1. The first-order chi connectivity index (χ1) is 13.0. The molecule has 0 unspecified atom stereocenters. The topological polar surface area (TPSA) is 56.8 Å². The van der Waals surface area contributed by atoms with Crippen molar-refractivity contribution in [2.24, 2.45) is 0 Å². The number of nitrogens with zero attached hydrogens (tertiary/aromatic N) is 2. The fourth-order valence-electron chi connectivity index (χ4n) is 2.55. The van der Waals surface area contributed by atoms with Crippen LogP contribution < -0.4 is 4.74 Å². The summed E-state index contributed by atoms with van der Waals surface area (Å²) in [5.74, 6) is 0.971. The van der Waals surface area contributed by atoms with E-state index in [0.29, 0.717) is 16.4 Å². The Morgan fingerprint density at radius 1 is 0.889 bits per heavy atom. The zero-order valence-corrected chi connectivity index (χ0v) is 16.4. The van der Waals surface area contributed by atoms with Crippen molar-refractivity contribution in [3.8, 4) is 23.6 Å². The van der Waals surface area contributed by atoms with E-state index in [4.69, 9.17) is 16.3 Å². The van der Waals surface area contributed by atoms with Crippen LogP contribution in [0.2, 0.25) is 5.02 Å². The minimum atomic E-state index is 0.125. The van der Waals surface area contributed by atoms with E-state index >= 15 is 0 Å². The average molecular weight is 391 g/mol. The van der Waals surface area contributed by atoms with Gasteiger partial charge in [-0.1, -0.05) is 53.7 Å². The molecule has 27 heavy (non-hydrogen) atoms. The van der Waals surface area contributed by atoms with Gasteiger partial charge in [0.2, 0.25) is 0 Å². The van der Waals surface area contributed by atoms with E-state index in [-0.39, 0.29) is 16.1 Å². The molecule has 0 aliphatic rings. The summed E-state index contributed by atoms with van der Waals surface area (Å²) in [5.41, 5.74) is 2.33. The van der Waals surface area contributed by atoms with Crippen molar-refractivity contribution >= 4 is 23.4 Å². The Labute approximate surface area is 167 Å². The second kappa shape index (κ2) is 8.18. The van der Waals surface area contributed by atoms with Crippen LogP contribution in [-0.4, -0.2) is 0 Å². The summed E-state index contributed by atoms with van der Waals surface area (Å²) in [6.45, 7) is 3.95. The molecule has 0 N–H and O–H groups in total. The van der Waals surface area contributed by atoms with Crippen molar-refractivity contribution < 1.29 is 4.74 Å². The van der Waals surface area contributed by atoms with Gasteiger partial charge in [0.25, 0.3) is 0 Å². The zero-order valence-electron chi connectivity index (χ0n) is 14.8. The van der Waals surface area contributed by atoms with Crippen LogP contribution in [0, 0.1) is 36.5 Å². The molecule has 0 fully saturated rings. The van der Waals surface area contributed by atoms with E-state index < -0.39 is 0 Å². The summed E-state index contributed by atoms with van der Waals surface area (Å²) in [6, 6.07) is 21.3. The molecule has 0 spiro atoms. The Balaban J connectivity index is 2.12. The van der Waals surface area contributed by atoms with E-state index in [0.717, 1.165) is 16.0 Å². The number of hydrogen-bond acceptors (Lipinski definition) is 4. The molecule has 0 saturated carbocycles. The van der Waals surface area contributed by atoms with Crippen LogP contribution >= 0.6 is 23.4 Å². The molecule has 0 aliphatic carbocycles. The van der Waals surface area contributed by atoms with Crippen molar-refractivity contribution in [1.29, 1.82) is 10.5 Å². The van der Waals surface area contributed by atoms with Crippen LogP contribution in [-0.2, 0) is 0 Å². The molecular formula is C22H15ClN2OS. The van der Waals surface area contributed by atoms with Gasteiger partial charge in [0.1, 0.15) is 29.2 Å². The van der Waals surface area contributed by atoms with Gasteiger partial charge in [0, 0.05) is 9.79 Å². The third-order valence-corrected chi connectivity index (χ3v) is 5.72. The molecule has 0 aliphatic heterocycles.